The molecule has 4 rings (SSSR count). The molecule has 33 heavy (non-hydrogen) atoms. The zero-order valence-electron chi connectivity index (χ0n) is 20.3. The molecule has 5 nitrogen and oxygen atoms in total. The highest BCUT2D eigenvalue weighted by atomic mass is 16.5. The molecule has 1 saturated heterocycles. The van der Waals surface area contributed by atoms with Crippen LogP contribution in [0.4, 0.5) is 5.69 Å². The van der Waals surface area contributed by atoms with Gasteiger partial charge in [-0.25, -0.2) is 4.79 Å². The summed E-state index contributed by atoms with van der Waals surface area (Å²) in [4.78, 5) is 26.8. The third-order valence-electron chi connectivity index (χ3n) is 7.57. The van der Waals surface area contributed by atoms with Gasteiger partial charge in [-0.05, 0) is 63.1 Å². The molecule has 1 aliphatic heterocycles. The minimum Gasteiger partial charge on any atom is -0.457 e. The molecule has 0 atom stereocenters. The topological polar surface area (TPSA) is 55.4 Å². The molecular formula is C28H37N2O3+. The number of aryl methyl sites for hydroxylation is 3. The number of carbonyl (C=O) groups excluding carboxylic acids is 2. The van der Waals surface area contributed by atoms with Crippen molar-refractivity contribution < 1.29 is 18.8 Å². The van der Waals surface area contributed by atoms with Gasteiger partial charge in [0.15, 0.2) is 12.1 Å². The van der Waals surface area contributed by atoms with Crippen molar-refractivity contribution in [2.45, 2.75) is 71.4 Å². The van der Waals surface area contributed by atoms with Crippen LogP contribution in [-0.2, 0) is 20.9 Å². The summed E-state index contributed by atoms with van der Waals surface area (Å²) in [6.07, 6.45) is 6.07. The van der Waals surface area contributed by atoms with Crippen LogP contribution in [0, 0.1) is 20.8 Å². The molecule has 0 unspecified atom stereocenters. The Hall–Kier alpha value is -2.66. The molecule has 1 saturated carbocycles. The van der Waals surface area contributed by atoms with Gasteiger partial charge in [-0.15, -0.1) is 0 Å². The molecule has 0 spiro atoms. The van der Waals surface area contributed by atoms with Gasteiger partial charge in [0.05, 0.1) is 13.1 Å². The van der Waals surface area contributed by atoms with E-state index in [0.29, 0.717) is 4.48 Å². The first kappa shape index (κ1) is 23.5. The van der Waals surface area contributed by atoms with Crippen LogP contribution < -0.4 is 5.32 Å². The van der Waals surface area contributed by atoms with Gasteiger partial charge >= 0.3 is 5.97 Å². The quantitative estimate of drug-likeness (QED) is 0.466. The highest BCUT2D eigenvalue weighted by Gasteiger charge is 2.66. The van der Waals surface area contributed by atoms with Crippen molar-refractivity contribution in [1.29, 1.82) is 0 Å². The highest BCUT2D eigenvalue weighted by molar-refractivity contribution is 6.00. The van der Waals surface area contributed by atoms with Crippen molar-refractivity contribution >= 4 is 17.6 Å². The van der Waals surface area contributed by atoms with Crippen LogP contribution in [0.25, 0.3) is 0 Å². The normalized spacial score (nSPS) is 18.8. The van der Waals surface area contributed by atoms with E-state index in [1.54, 1.807) is 0 Å². The summed E-state index contributed by atoms with van der Waals surface area (Å²) in [5, 5.41) is 3.28. The summed E-state index contributed by atoms with van der Waals surface area (Å²) < 4.78 is 6.22. The van der Waals surface area contributed by atoms with Crippen molar-refractivity contribution in [1.82, 2.24) is 0 Å². The van der Waals surface area contributed by atoms with Crippen LogP contribution in [0.2, 0.25) is 0 Å². The Labute approximate surface area is 197 Å². The molecule has 0 aromatic heterocycles. The van der Waals surface area contributed by atoms with E-state index in [2.05, 4.69) is 24.4 Å². The molecule has 5 heteroatoms. The first-order chi connectivity index (χ1) is 15.9. The lowest BCUT2D eigenvalue weighted by molar-refractivity contribution is -0.945. The number of hydrogen-bond acceptors (Lipinski definition) is 3. The fourth-order valence-electron chi connectivity index (χ4n) is 5.70. The van der Waals surface area contributed by atoms with E-state index >= 15 is 0 Å². The standard InChI is InChI=1S/C28H36N2O3/c1-21-17-22(2)26(23(3)18-21)29-27(32)28(13-14-28)30(15-9-4-5-10-16-30)19-25(31)33-20-24-11-7-6-8-12-24/h6-8,11-12,17-18H,4-5,9-10,13-16,19-20H2,1-3H3/p+1. The third kappa shape index (κ3) is 4.98. The van der Waals surface area contributed by atoms with Gasteiger partial charge in [-0.1, -0.05) is 48.0 Å². The molecule has 0 bridgehead atoms. The molecule has 1 aliphatic carbocycles. The molecule has 2 fully saturated rings. The van der Waals surface area contributed by atoms with Crippen LogP contribution in [0.15, 0.2) is 42.5 Å². The Morgan fingerprint density at radius 3 is 2.12 bits per heavy atom. The number of quaternary nitrogens is 1. The van der Waals surface area contributed by atoms with Gasteiger partial charge in [0, 0.05) is 18.5 Å². The Morgan fingerprint density at radius 1 is 0.939 bits per heavy atom. The van der Waals surface area contributed by atoms with E-state index < -0.39 is 5.54 Å². The minimum absolute atomic E-state index is 0.0651. The number of hydrogen-bond donors (Lipinski definition) is 1. The SMILES string of the molecule is Cc1cc(C)c(NC(=O)C2([N+]3(CC(=O)OCc4ccccc4)CCCCCC3)CC2)c(C)c1. The van der Waals surface area contributed by atoms with E-state index in [9.17, 15) is 9.59 Å². The van der Waals surface area contributed by atoms with Crippen LogP contribution in [0.5, 0.6) is 0 Å². The van der Waals surface area contributed by atoms with Crippen LogP contribution in [-0.4, -0.2) is 41.5 Å². The summed E-state index contributed by atoms with van der Waals surface area (Å²) in [6, 6.07) is 14.0. The molecular weight excluding hydrogens is 412 g/mol. The van der Waals surface area contributed by atoms with Gasteiger partial charge in [0.1, 0.15) is 6.61 Å². The van der Waals surface area contributed by atoms with Crippen molar-refractivity contribution in [3.8, 4) is 0 Å². The maximum atomic E-state index is 13.8. The highest BCUT2D eigenvalue weighted by Crippen LogP contribution is 2.49. The van der Waals surface area contributed by atoms with Gasteiger partial charge in [-0.2, -0.15) is 0 Å². The molecule has 176 valence electrons. The Morgan fingerprint density at radius 2 is 1.55 bits per heavy atom. The van der Waals surface area contributed by atoms with Crippen LogP contribution in [0.3, 0.4) is 0 Å². The van der Waals surface area contributed by atoms with Gasteiger partial charge in [-0.3, -0.25) is 4.79 Å². The van der Waals surface area contributed by atoms with Gasteiger partial charge in [0.2, 0.25) is 0 Å². The lowest BCUT2D eigenvalue weighted by Gasteiger charge is -2.43. The summed E-state index contributed by atoms with van der Waals surface area (Å²) in [5.74, 6) is -0.141. The summed E-state index contributed by atoms with van der Waals surface area (Å²) in [6.45, 7) is 8.44. The predicted molar refractivity (Wildman–Crippen MR) is 131 cm³/mol. The van der Waals surface area contributed by atoms with Gasteiger partial charge in [0.25, 0.3) is 5.91 Å². The number of esters is 1. The summed E-state index contributed by atoms with van der Waals surface area (Å²) in [5.41, 5.74) is 4.73. The maximum absolute atomic E-state index is 13.8. The molecule has 2 aliphatic rings. The second-order valence-electron chi connectivity index (χ2n) is 10.1. The average molecular weight is 450 g/mol. The van der Waals surface area contributed by atoms with E-state index in [0.717, 1.165) is 74.0 Å². The number of carbonyl (C=O) groups is 2. The number of benzene rings is 2. The Bertz CT molecular complexity index is 980. The zero-order chi connectivity index (χ0) is 23.5. The Balaban J connectivity index is 1.54. The minimum atomic E-state index is -0.528. The third-order valence-corrected chi connectivity index (χ3v) is 7.57. The maximum Gasteiger partial charge on any atom is 0.362 e. The van der Waals surface area contributed by atoms with Crippen molar-refractivity contribution in [2.75, 3.05) is 25.0 Å². The second kappa shape index (κ2) is 9.68. The first-order valence-corrected chi connectivity index (χ1v) is 12.3. The number of nitrogens with zero attached hydrogens (tertiary/aromatic N) is 1. The fraction of sp³-hybridized carbons (Fsp3) is 0.500. The lowest BCUT2D eigenvalue weighted by Crippen LogP contribution is -2.64. The molecule has 2 aromatic rings. The molecule has 1 amide bonds. The monoisotopic (exact) mass is 449 g/mol. The smallest absolute Gasteiger partial charge is 0.362 e. The number of likely N-dealkylation sites (tertiary alicyclic amines) is 1. The predicted octanol–water partition coefficient (Wildman–Crippen LogP) is 5.22. The zero-order valence-corrected chi connectivity index (χ0v) is 20.3. The number of ether oxygens (including phenoxy) is 1. The summed E-state index contributed by atoms with van der Waals surface area (Å²) >= 11 is 0. The van der Waals surface area contributed by atoms with Crippen LogP contribution in [0.1, 0.15) is 60.8 Å². The van der Waals surface area contributed by atoms with E-state index in [1.165, 1.54) is 5.56 Å². The first-order valence-electron chi connectivity index (χ1n) is 12.3. The van der Waals surface area contributed by atoms with E-state index in [4.69, 9.17) is 4.74 Å². The van der Waals surface area contributed by atoms with Gasteiger partial charge < -0.3 is 14.5 Å². The van der Waals surface area contributed by atoms with E-state index in [1.807, 2.05) is 44.2 Å². The second-order valence-corrected chi connectivity index (χ2v) is 10.1. The lowest BCUT2D eigenvalue weighted by atomic mass is 10.0. The molecule has 2 aromatic carbocycles. The molecule has 0 radical (unpaired) electrons. The fourth-order valence-corrected chi connectivity index (χ4v) is 5.70. The summed E-state index contributed by atoms with van der Waals surface area (Å²) in [7, 11) is 0. The van der Waals surface area contributed by atoms with Crippen molar-refractivity contribution in [3.63, 3.8) is 0 Å². The molecule has 1 heterocycles. The van der Waals surface area contributed by atoms with Crippen molar-refractivity contribution in [3.05, 3.63) is 64.7 Å². The number of anilines is 1. The molecule has 1 N–H and O–H groups in total. The Kier molecular flexibility index (Phi) is 6.89. The average Bonchev–Trinajstić information content (AvgIpc) is 3.61. The van der Waals surface area contributed by atoms with Crippen LogP contribution >= 0.6 is 0 Å². The number of rotatable bonds is 7. The number of nitrogens with one attached hydrogen (secondary N) is 1. The number of amides is 1. The van der Waals surface area contributed by atoms with E-state index in [-0.39, 0.29) is 25.0 Å². The largest absolute Gasteiger partial charge is 0.457 e. The van der Waals surface area contributed by atoms with Crippen molar-refractivity contribution in [2.24, 2.45) is 0 Å².